The Morgan fingerprint density at radius 3 is 2.24 bits per heavy atom. The minimum absolute atomic E-state index is 0.0342. The number of nitrogens with zero attached hydrogens (tertiary/aromatic N) is 2. The van der Waals surface area contributed by atoms with Crippen LogP contribution >= 0.6 is 0 Å². The van der Waals surface area contributed by atoms with Gasteiger partial charge in [0.2, 0.25) is 0 Å². The molecule has 0 heterocycles. The first-order chi connectivity index (χ1) is 13.6. The van der Waals surface area contributed by atoms with Gasteiger partial charge in [0.1, 0.15) is 5.56 Å². The van der Waals surface area contributed by atoms with E-state index in [4.69, 9.17) is 9.47 Å². The van der Waals surface area contributed by atoms with E-state index in [-0.39, 0.29) is 22.4 Å². The van der Waals surface area contributed by atoms with Crippen LogP contribution in [0.25, 0.3) is 0 Å². The minimum Gasteiger partial charge on any atom is -0.493 e. The van der Waals surface area contributed by atoms with Gasteiger partial charge in [0.05, 0.1) is 24.7 Å². The quantitative estimate of drug-likeness (QED) is 0.502. The van der Waals surface area contributed by atoms with Gasteiger partial charge in [-0.15, -0.1) is 0 Å². The zero-order chi connectivity index (χ0) is 21.8. The summed E-state index contributed by atoms with van der Waals surface area (Å²) in [4.78, 5) is 25.4. The van der Waals surface area contributed by atoms with Gasteiger partial charge in [0.25, 0.3) is 11.6 Å². The third kappa shape index (κ3) is 5.25. The summed E-state index contributed by atoms with van der Waals surface area (Å²) in [6.07, 6.45) is 0. The number of carbonyl (C=O) groups is 1. The second kappa shape index (κ2) is 8.94. The number of methoxy groups -OCH3 is 1. The van der Waals surface area contributed by atoms with Gasteiger partial charge in [-0.3, -0.25) is 14.9 Å². The number of hydrogen-bond acceptors (Lipinski definition) is 5. The molecule has 2 aromatic carbocycles. The van der Waals surface area contributed by atoms with Crippen LogP contribution in [0.3, 0.4) is 0 Å². The highest BCUT2D eigenvalue weighted by Crippen LogP contribution is 2.35. The number of carbonyl (C=O) groups excluding carboxylic acids is 1. The lowest BCUT2D eigenvalue weighted by atomic mass is 9.87. The molecular weight excluding hydrogens is 372 g/mol. The predicted octanol–water partition coefficient (Wildman–Crippen LogP) is 4.57. The average molecular weight is 400 g/mol. The minimum atomic E-state index is -0.586. The Morgan fingerprint density at radius 1 is 1.14 bits per heavy atom. The van der Waals surface area contributed by atoms with Crippen molar-refractivity contribution in [3.05, 3.63) is 63.2 Å². The lowest BCUT2D eigenvalue weighted by molar-refractivity contribution is -0.385. The molecule has 0 fully saturated rings. The number of amides is 1. The molecule has 1 amide bonds. The van der Waals surface area contributed by atoms with E-state index < -0.39 is 10.8 Å². The Hall–Kier alpha value is -3.09. The molecule has 0 atom stereocenters. The summed E-state index contributed by atoms with van der Waals surface area (Å²) in [7, 11) is 3.02. The Labute approximate surface area is 171 Å². The van der Waals surface area contributed by atoms with Crippen LogP contribution in [-0.2, 0) is 12.0 Å². The molecule has 2 rings (SSSR count). The molecule has 29 heavy (non-hydrogen) atoms. The van der Waals surface area contributed by atoms with Gasteiger partial charge >= 0.3 is 0 Å². The van der Waals surface area contributed by atoms with Gasteiger partial charge in [0, 0.05) is 19.7 Å². The van der Waals surface area contributed by atoms with Crippen molar-refractivity contribution in [2.24, 2.45) is 0 Å². The van der Waals surface area contributed by atoms with Crippen LogP contribution in [0.4, 0.5) is 5.69 Å². The van der Waals surface area contributed by atoms with E-state index in [0.29, 0.717) is 18.9 Å². The Bertz CT molecular complexity index is 885. The fourth-order valence-corrected chi connectivity index (χ4v) is 2.96. The monoisotopic (exact) mass is 400 g/mol. The molecule has 7 heteroatoms. The smallest absolute Gasteiger partial charge is 0.286 e. The zero-order valence-corrected chi connectivity index (χ0v) is 17.8. The van der Waals surface area contributed by atoms with E-state index in [1.54, 1.807) is 14.0 Å². The summed E-state index contributed by atoms with van der Waals surface area (Å²) in [5.74, 6) is 0.0580. The van der Waals surface area contributed by atoms with Crippen LogP contribution in [0.5, 0.6) is 11.5 Å². The molecule has 7 nitrogen and oxygen atoms in total. The number of rotatable bonds is 7. The SMILES string of the molecule is CCOc1cc(C(=O)N(C)Cc2ccc(C(C)(C)C)cc2)c([N+](=O)[O-])cc1OC. The maximum Gasteiger partial charge on any atom is 0.286 e. The van der Waals surface area contributed by atoms with E-state index in [9.17, 15) is 14.9 Å². The Kier molecular flexibility index (Phi) is 6.84. The van der Waals surface area contributed by atoms with Gasteiger partial charge in [-0.05, 0) is 23.5 Å². The Balaban J connectivity index is 2.32. The highest BCUT2D eigenvalue weighted by atomic mass is 16.6. The van der Waals surface area contributed by atoms with Crippen LogP contribution < -0.4 is 9.47 Å². The second-order valence-corrected chi connectivity index (χ2v) is 7.82. The molecule has 156 valence electrons. The number of nitro groups is 1. The van der Waals surface area contributed by atoms with Gasteiger partial charge in [-0.25, -0.2) is 0 Å². The van der Waals surface area contributed by atoms with Crippen LogP contribution in [-0.4, -0.2) is 36.5 Å². The van der Waals surface area contributed by atoms with E-state index in [1.807, 2.05) is 24.3 Å². The highest BCUT2D eigenvalue weighted by molar-refractivity contribution is 5.99. The van der Waals surface area contributed by atoms with Crippen LogP contribution in [0.15, 0.2) is 36.4 Å². The molecule has 0 aliphatic carbocycles. The van der Waals surface area contributed by atoms with Gasteiger partial charge in [0.15, 0.2) is 11.5 Å². The van der Waals surface area contributed by atoms with E-state index in [1.165, 1.54) is 29.7 Å². The summed E-state index contributed by atoms with van der Waals surface area (Å²) >= 11 is 0. The van der Waals surface area contributed by atoms with Crippen molar-refractivity contribution in [3.8, 4) is 11.5 Å². The molecule has 0 saturated heterocycles. The summed E-state index contributed by atoms with van der Waals surface area (Å²) in [6, 6.07) is 10.6. The topological polar surface area (TPSA) is 81.9 Å². The first-order valence-electron chi connectivity index (χ1n) is 9.42. The number of ether oxygens (including phenoxy) is 2. The summed E-state index contributed by atoms with van der Waals surface area (Å²) in [5, 5.41) is 11.5. The third-order valence-corrected chi connectivity index (χ3v) is 4.60. The van der Waals surface area contributed by atoms with Gasteiger partial charge in [-0.1, -0.05) is 45.0 Å². The van der Waals surface area contributed by atoms with Crippen molar-refractivity contribution in [2.75, 3.05) is 20.8 Å². The molecule has 0 spiro atoms. The Morgan fingerprint density at radius 2 is 1.76 bits per heavy atom. The maximum absolute atomic E-state index is 13.0. The van der Waals surface area contributed by atoms with Gasteiger partial charge < -0.3 is 14.4 Å². The first kappa shape index (κ1) is 22.2. The fraction of sp³-hybridized carbons (Fsp3) is 0.409. The van der Waals surface area contributed by atoms with E-state index in [0.717, 1.165) is 5.56 Å². The van der Waals surface area contributed by atoms with Crippen LogP contribution in [0, 0.1) is 10.1 Å². The molecule has 0 aliphatic heterocycles. The molecule has 0 aromatic heterocycles. The fourth-order valence-electron chi connectivity index (χ4n) is 2.96. The van der Waals surface area contributed by atoms with Gasteiger partial charge in [-0.2, -0.15) is 0 Å². The average Bonchev–Trinajstić information content (AvgIpc) is 2.66. The standard InChI is InChI=1S/C22H28N2O5/c1-7-29-20-12-17(18(24(26)27)13-19(20)28-6)21(25)23(5)14-15-8-10-16(11-9-15)22(2,3)4/h8-13H,7,14H2,1-6H3. The summed E-state index contributed by atoms with van der Waals surface area (Å²) < 4.78 is 10.6. The van der Waals surface area contributed by atoms with E-state index >= 15 is 0 Å². The second-order valence-electron chi connectivity index (χ2n) is 7.82. The van der Waals surface area contributed by atoms with Crippen molar-refractivity contribution < 1.29 is 19.2 Å². The maximum atomic E-state index is 13.0. The van der Waals surface area contributed by atoms with Crippen molar-refractivity contribution in [1.29, 1.82) is 0 Å². The molecule has 0 aliphatic rings. The summed E-state index contributed by atoms with van der Waals surface area (Å²) in [6.45, 7) is 8.87. The molecule has 0 saturated carbocycles. The normalized spacial score (nSPS) is 11.1. The first-order valence-corrected chi connectivity index (χ1v) is 9.42. The lowest BCUT2D eigenvalue weighted by Crippen LogP contribution is -2.27. The molecule has 0 radical (unpaired) electrons. The number of hydrogen-bond donors (Lipinski definition) is 0. The molecule has 0 N–H and O–H groups in total. The third-order valence-electron chi connectivity index (χ3n) is 4.60. The highest BCUT2D eigenvalue weighted by Gasteiger charge is 2.27. The van der Waals surface area contributed by atoms with Crippen molar-refractivity contribution in [3.63, 3.8) is 0 Å². The summed E-state index contributed by atoms with van der Waals surface area (Å²) in [5.41, 5.74) is 1.83. The lowest BCUT2D eigenvalue weighted by Gasteiger charge is -2.21. The molecular formula is C22H28N2O5. The predicted molar refractivity (Wildman–Crippen MR) is 112 cm³/mol. The molecule has 0 unspecified atom stereocenters. The number of benzene rings is 2. The van der Waals surface area contributed by atoms with Crippen molar-refractivity contribution in [1.82, 2.24) is 4.90 Å². The zero-order valence-electron chi connectivity index (χ0n) is 17.8. The van der Waals surface area contributed by atoms with Crippen LogP contribution in [0.2, 0.25) is 0 Å². The van der Waals surface area contributed by atoms with E-state index in [2.05, 4.69) is 20.8 Å². The molecule has 2 aromatic rings. The van der Waals surface area contributed by atoms with Crippen molar-refractivity contribution in [2.45, 2.75) is 39.7 Å². The molecule has 0 bridgehead atoms. The number of nitro benzene ring substituents is 1. The van der Waals surface area contributed by atoms with Crippen molar-refractivity contribution >= 4 is 11.6 Å². The van der Waals surface area contributed by atoms with Crippen LogP contribution in [0.1, 0.15) is 49.2 Å². The largest absolute Gasteiger partial charge is 0.493 e.